The molecule has 1 aliphatic heterocycles. The molecule has 1 amide bonds. The van der Waals surface area contributed by atoms with E-state index in [2.05, 4.69) is 9.97 Å². The third-order valence-electron chi connectivity index (χ3n) is 3.42. The first-order chi connectivity index (χ1) is 8.74. The number of pyridine rings is 1. The molecule has 0 unspecified atom stereocenters. The van der Waals surface area contributed by atoms with E-state index in [0.717, 1.165) is 42.7 Å². The van der Waals surface area contributed by atoms with Crippen LogP contribution in [0.1, 0.15) is 18.5 Å². The molecule has 18 heavy (non-hydrogen) atoms. The fraction of sp³-hybridized carbons (Fsp3) is 0.385. The zero-order chi connectivity index (χ0) is 12.5. The quantitative estimate of drug-likeness (QED) is 0.777. The predicted octanol–water partition coefficient (Wildman–Crippen LogP) is 0.522. The molecule has 0 atom stereocenters. The van der Waals surface area contributed by atoms with Crippen molar-refractivity contribution in [2.24, 2.45) is 0 Å². The SMILES string of the molecule is [B]c1ccnc2[nH]c(CC(=O)N3CCCC3)cc12. The molecule has 0 spiro atoms. The largest absolute Gasteiger partial charge is 0.343 e. The molecule has 2 radical (unpaired) electrons. The van der Waals surface area contributed by atoms with Gasteiger partial charge in [0.2, 0.25) is 5.91 Å². The van der Waals surface area contributed by atoms with Crippen LogP contribution >= 0.6 is 0 Å². The highest BCUT2D eigenvalue weighted by atomic mass is 16.2. The molecule has 0 bridgehead atoms. The van der Waals surface area contributed by atoms with Crippen molar-refractivity contribution in [2.45, 2.75) is 19.3 Å². The Labute approximate surface area is 107 Å². The van der Waals surface area contributed by atoms with Gasteiger partial charge in [0.1, 0.15) is 13.5 Å². The maximum Gasteiger partial charge on any atom is 0.228 e. The lowest BCUT2D eigenvalue weighted by Gasteiger charge is -2.14. The average molecular weight is 239 g/mol. The van der Waals surface area contributed by atoms with E-state index < -0.39 is 0 Å². The van der Waals surface area contributed by atoms with Gasteiger partial charge in [-0.3, -0.25) is 4.79 Å². The van der Waals surface area contributed by atoms with Crippen LogP contribution < -0.4 is 5.46 Å². The number of nitrogens with zero attached hydrogens (tertiary/aromatic N) is 2. The standard InChI is InChI=1S/C13H14BN3O/c14-11-3-4-15-13-10(11)7-9(16-13)8-12(18)17-5-1-2-6-17/h3-4,7H,1-2,5-6,8H2,(H,15,16). The first-order valence-corrected chi connectivity index (χ1v) is 6.24. The normalized spacial score (nSPS) is 15.4. The molecule has 3 rings (SSSR count). The predicted molar refractivity (Wildman–Crippen MR) is 71.0 cm³/mol. The average Bonchev–Trinajstić information content (AvgIpc) is 2.97. The number of likely N-dealkylation sites (tertiary alicyclic amines) is 1. The fourth-order valence-electron chi connectivity index (χ4n) is 2.44. The van der Waals surface area contributed by atoms with Crippen LogP contribution in [0.5, 0.6) is 0 Å². The minimum atomic E-state index is 0.178. The molecule has 1 saturated heterocycles. The van der Waals surface area contributed by atoms with Crippen molar-refractivity contribution in [1.82, 2.24) is 14.9 Å². The molecule has 1 fully saturated rings. The van der Waals surface area contributed by atoms with Crippen molar-refractivity contribution in [1.29, 1.82) is 0 Å². The number of carbonyl (C=O) groups is 1. The van der Waals surface area contributed by atoms with E-state index in [9.17, 15) is 4.79 Å². The summed E-state index contributed by atoms with van der Waals surface area (Å²) >= 11 is 0. The lowest BCUT2D eigenvalue weighted by Crippen LogP contribution is -2.29. The Morgan fingerprint density at radius 2 is 2.22 bits per heavy atom. The molecule has 0 aromatic carbocycles. The Balaban J connectivity index is 1.82. The number of carbonyl (C=O) groups excluding carboxylic acids is 1. The van der Waals surface area contributed by atoms with Gasteiger partial charge in [0.25, 0.3) is 0 Å². The van der Waals surface area contributed by atoms with E-state index in [0.29, 0.717) is 11.9 Å². The van der Waals surface area contributed by atoms with Gasteiger partial charge >= 0.3 is 0 Å². The second kappa shape index (κ2) is 4.48. The van der Waals surface area contributed by atoms with Gasteiger partial charge in [0, 0.05) is 30.4 Å². The summed E-state index contributed by atoms with van der Waals surface area (Å²) in [7, 11) is 5.87. The Kier molecular flexibility index (Phi) is 2.82. The van der Waals surface area contributed by atoms with Gasteiger partial charge in [-0.25, -0.2) is 4.98 Å². The van der Waals surface area contributed by atoms with E-state index in [1.807, 2.05) is 11.0 Å². The molecule has 1 N–H and O–H groups in total. The van der Waals surface area contributed by atoms with Crippen LogP contribution in [0.3, 0.4) is 0 Å². The first kappa shape index (κ1) is 11.3. The number of hydrogen-bond acceptors (Lipinski definition) is 2. The smallest absolute Gasteiger partial charge is 0.228 e. The summed E-state index contributed by atoms with van der Waals surface area (Å²) in [5.74, 6) is 0.178. The minimum Gasteiger partial charge on any atom is -0.343 e. The number of aromatic amines is 1. The summed E-state index contributed by atoms with van der Waals surface area (Å²) in [6.07, 6.45) is 4.30. The highest BCUT2D eigenvalue weighted by Gasteiger charge is 2.18. The number of rotatable bonds is 2. The van der Waals surface area contributed by atoms with Crippen molar-refractivity contribution in [3.8, 4) is 0 Å². The van der Waals surface area contributed by atoms with Crippen LogP contribution in [0.15, 0.2) is 18.3 Å². The third kappa shape index (κ3) is 2.01. The van der Waals surface area contributed by atoms with Gasteiger partial charge in [0.15, 0.2) is 0 Å². The second-order valence-electron chi connectivity index (χ2n) is 4.72. The number of nitrogens with one attached hydrogen (secondary N) is 1. The topological polar surface area (TPSA) is 49.0 Å². The molecule has 4 nitrogen and oxygen atoms in total. The molecule has 5 heteroatoms. The van der Waals surface area contributed by atoms with E-state index in [1.54, 1.807) is 12.3 Å². The summed E-state index contributed by atoms with van der Waals surface area (Å²) in [6, 6.07) is 3.69. The molecule has 0 saturated carbocycles. The van der Waals surface area contributed by atoms with Crippen molar-refractivity contribution < 1.29 is 4.79 Å². The summed E-state index contributed by atoms with van der Waals surface area (Å²) in [5, 5.41) is 0.890. The summed E-state index contributed by atoms with van der Waals surface area (Å²) in [6.45, 7) is 1.78. The molecular formula is C13H14BN3O. The Hall–Kier alpha value is -1.78. The lowest BCUT2D eigenvalue weighted by atomic mass is 9.94. The molecule has 2 aromatic rings. The van der Waals surface area contributed by atoms with E-state index in [-0.39, 0.29) is 5.91 Å². The molecule has 2 aromatic heterocycles. The van der Waals surface area contributed by atoms with Crippen molar-refractivity contribution in [3.63, 3.8) is 0 Å². The Bertz CT molecular complexity index is 587. The van der Waals surface area contributed by atoms with E-state index in [4.69, 9.17) is 7.85 Å². The third-order valence-corrected chi connectivity index (χ3v) is 3.42. The number of aromatic nitrogens is 2. The molecule has 1 aliphatic rings. The molecule has 3 heterocycles. The van der Waals surface area contributed by atoms with Crippen molar-refractivity contribution in [2.75, 3.05) is 13.1 Å². The highest BCUT2D eigenvalue weighted by Crippen LogP contribution is 2.14. The number of H-pyrrole nitrogens is 1. The Morgan fingerprint density at radius 3 is 2.94 bits per heavy atom. The monoisotopic (exact) mass is 239 g/mol. The second-order valence-corrected chi connectivity index (χ2v) is 4.72. The number of hydrogen-bond donors (Lipinski definition) is 1. The van der Waals surface area contributed by atoms with E-state index >= 15 is 0 Å². The summed E-state index contributed by atoms with van der Waals surface area (Å²) < 4.78 is 0. The highest BCUT2D eigenvalue weighted by molar-refractivity contribution is 6.38. The zero-order valence-electron chi connectivity index (χ0n) is 10.1. The van der Waals surface area contributed by atoms with Gasteiger partial charge < -0.3 is 9.88 Å². The van der Waals surface area contributed by atoms with E-state index in [1.165, 1.54) is 0 Å². The van der Waals surface area contributed by atoms with Crippen molar-refractivity contribution >= 4 is 30.2 Å². The molecular weight excluding hydrogens is 225 g/mol. The molecule has 90 valence electrons. The lowest BCUT2D eigenvalue weighted by molar-refractivity contribution is -0.129. The number of fused-ring (bicyclic) bond motifs is 1. The summed E-state index contributed by atoms with van der Waals surface area (Å²) in [4.78, 5) is 21.3. The van der Waals surface area contributed by atoms with Crippen LogP contribution in [0, 0.1) is 0 Å². The van der Waals surface area contributed by atoms with Gasteiger partial charge in [-0.05, 0) is 18.9 Å². The maximum atomic E-state index is 12.0. The van der Waals surface area contributed by atoms with Crippen LogP contribution in [-0.4, -0.2) is 41.7 Å². The molecule has 0 aliphatic carbocycles. The van der Waals surface area contributed by atoms with Crippen LogP contribution in [-0.2, 0) is 11.2 Å². The Morgan fingerprint density at radius 1 is 1.44 bits per heavy atom. The maximum absolute atomic E-state index is 12.0. The van der Waals surface area contributed by atoms with Gasteiger partial charge in [-0.2, -0.15) is 0 Å². The minimum absolute atomic E-state index is 0.178. The number of amides is 1. The zero-order valence-corrected chi connectivity index (χ0v) is 10.1. The van der Waals surface area contributed by atoms with Gasteiger partial charge in [0.05, 0.1) is 6.42 Å². The first-order valence-electron chi connectivity index (χ1n) is 6.24. The van der Waals surface area contributed by atoms with Crippen LogP contribution in [0.4, 0.5) is 0 Å². The van der Waals surface area contributed by atoms with Gasteiger partial charge in [-0.15, -0.1) is 0 Å². The summed E-state index contributed by atoms with van der Waals surface area (Å²) in [5.41, 5.74) is 2.32. The van der Waals surface area contributed by atoms with Crippen LogP contribution in [0.2, 0.25) is 0 Å². The fourth-order valence-corrected chi connectivity index (χ4v) is 2.44. The van der Waals surface area contributed by atoms with Crippen molar-refractivity contribution in [3.05, 3.63) is 24.0 Å². The van der Waals surface area contributed by atoms with Gasteiger partial charge in [-0.1, -0.05) is 11.5 Å². The van der Waals surface area contributed by atoms with Crippen LogP contribution in [0.25, 0.3) is 11.0 Å².